The summed E-state index contributed by atoms with van der Waals surface area (Å²) in [7, 11) is 4.70. The van der Waals surface area contributed by atoms with E-state index >= 15 is 0 Å². The highest BCUT2D eigenvalue weighted by Gasteiger charge is 2.24. The molecule has 0 aliphatic heterocycles. The van der Waals surface area contributed by atoms with Gasteiger partial charge in [0.25, 0.3) is 5.69 Å². The van der Waals surface area contributed by atoms with Crippen LogP contribution in [0.4, 0.5) is 32.8 Å². The van der Waals surface area contributed by atoms with Gasteiger partial charge in [-0.3, -0.25) is 10.1 Å². The number of non-ortho nitro benzene ring substituents is 1. The number of hydrogen-bond acceptors (Lipinski definition) is 18. The number of aromatic hydroxyl groups is 4. The van der Waals surface area contributed by atoms with Crippen molar-refractivity contribution in [3.05, 3.63) is 242 Å². The highest BCUT2D eigenvalue weighted by molar-refractivity contribution is 6.00. The molecule has 0 atom stereocenters. The molecule has 12 rings (SSSR count). The molecule has 0 radical (unpaired) electrons. The minimum atomic E-state index is -0.507. The molecule has 0 aliphatic carbocycles. The lowest BCUT2D eigenvalue weighted by molar-refractivity contribution is -0.384. The molecule has 0 saturated heterocycles. The SMILES string of the molecule is COc1cc(Cn2c(O)c(N=O)c3cc(F)ccc32)cc(OC)c1.COc1ccc(Cn2c(O)c(N=O)c3cc(C)cc(C)c32)cc1.Cc1cc(C)c2c(c1)c(N=O)c(O)n2Cc1cccc([N+](=O)[O-])c1.Cc1cc(C)c2c(c1)c(N=O)c(O)n2Cc1ccccc1C#N. The van der Waals surface area contributed by atoms with Crippen LogP contribution in [-0.4, -0.2) is 64.9 Å². The van der Waals surface area contributed by atoms with E-state index in [-0.39, 0.29) is 70.4 Å². The number of nitro benzene ring substituents is 1. The fraction of sp³-hybridized carbons (Fsp3) is 0.186. The van der Waals surface area contributed by atoms with Crippen molar-refractivity contribution in [2.24, 2.45) is 20.7 Å². The third kappa shape index (κ3) is 13.4. The lowest BCUT2D eigenvalue weighted by Crippen LogP contribution is -2.02. The molecule has 12 aromatic rings. The highest BCUT2D eigenvalue weighted by atomic mass is 19.1. The third-order valence-electron chi connectivity index (χ3n) is 15.8. The van der Waals surface area contributed by atoms with Crippen LogP contribution < -0.4 is 14.2 Å². The van der Waals surface area contributed by atoms with Crippen molar-refractivity contribution < 1.29 is 44.0 Å². The average molecular weight is 1270 g/mol. The maximum absolute atomic E-state index is 13.5. The first kappa shape index (κ1) is 66.2. The smallest absolute Gasteiger partial charge is 0.269 e. The Morgan fingerprint density at radius 2 is 0.904 bits per heavy atom. The minimum Gasteiger partial charge on any atom is -0.497 e. The predicted octanol–water partition coefficient (Wildman–Crippen LogP) is 17.0. The maximum Gasteiger partial charge on any atom is 0.269 e. The van der Waals surface area contributed by atoms with Crippen LogP contribution in [0.25, 0.3) is 43.6 Å². The summed E-state index contributed by atoms with van der Waals surface area (Å²) in [4.78, 5) is 55.0. The molecule has 8 aromatic carbocycles. The number of aryl methyl sites for hydroxylation is 6. The van der Waals surface area contributed by atoms with Gasteiger partial charge in [0, 0.05) is 39.7 Å². The van der Waals surface area contributed by atoms with Crippen LogP contribution in [-0.2, 0) is 26.2 Å². The second-order valence-corrected chi connectivity index (χ2v) is 22.3. The lowest BCUT2D eigenvalue weighted by atomic mass is 10.1. The van der Waals surface area contributed by atoms with Gasteiger partial charge in [0.15, 0.2) is 22.7 Å². The number of halogens is 1. The van der Waals surface area contributed by atoms with Crippen LogP contribution in [0.15, 0.2) is 166 Å². The molecule has 23 nitrogen and oxygen atoms in total. The summed E-state index contributed by atoms with van der Waals surface area (Å²) in [5.74, 6) is 0.647. The van der Waals surface area contributed by atoms with Crippen molar-refractivity contribution in [1.29, 1.82) is 5.26 Å². The fourth-order valence-electron chi connectivity index (χ4n) is 11.8. The molecular weight excluding hydrogens is 1210 g/mol. The first-order valence-corrected chi connectivity index (χ1v) is 29.0. The van der Waals surface area contributed by atoms with Crippen LogP contribution >= 0.6 is 0 Å². The highest BCUT2D eigenvalue weighted by Crippen LogP contribution is 2.45. The molecule has 478 valence electrons. The Morgan fingerprint density at radius 3 is 1.36 bits per heavy atom. The number of ether oxygens (including phenoxy) is 3. The van der Waals surface area contributed by atoms with E-state index in [2.05, 4.69) is 26.8 Å². The zero-order valence-electron chi connectivity index (χ0n) is 52.5. The molecule has 0 unspecified atom stereocenters. The van der Waals surface area contributed by atoms with Gasteiger partial charge in [0.2, 0.25) is 23.5 Å². The van der Waals surface area contributed by atoms with Crippen molar-refractivity contribution in [3.8, 4) is 46.8 Å². The number of nitroso groups, excluding NO2 is 4. The number of nitrogens with zero attached hydrogens (tertiary/aromatic N) is 10. The first-order chi connectivity index (χ1) is 45.1. The zero-order valence-corrected chi connectivity index (χ0v) is 52.5. The van der Waals surface area contributed by atoms with Gasteiger partial charge in [-0.25, -0.2) is 4.39 Å². The standard InChI is InChI=1S/C18H15N3O2.C18H18N2O3.C17H15FN2O4.C17H15N3O4/c1-11-7-12(2)17-15(8-11)16(20-23)18(22)21(17)10-14-6-4-3-5-13(14)9-19;1-11-8-12(2)17-15(9-11)16(19-22)18(21)20(17)10-13-4-6-14(23-3)7-5-13;1-23-12-5-10(6-13(8-12)24-2)9-20-15-4-3-11(18)7-14(15)16(19-22)17(20)21;1-10-6-11(2)16-14(7-10)15(18-22)17(21)19(16)9-12-4-3-5-13(8-12)20(23)24/h3-8,22H,10H2,1-2H3;4-9,21H,10H2,1-3H3;2*3-8,21H,9H2,1-2H3. The molecule has 0 aliphatic rings. The van der Waals surface area contributed by atoms with Crippen LogP contribution in [0.3, 0.4) is 0 Å². The number of rotatable bonds is 16. The Hall–Kier alpha value is -12.3. The van der Waals surface area contributed by atoms with Gasteiger partial charge >= 0.3 is 0 Å². The summed E-state index contributed by atoms with van der Waals surface area (Å²) in [6.07, 6.45) is 0. The van der Waals surface area contributed by atoms with E-state index in [1.807, 2.05) is 108 Å². The summed E-state index contributed by atoms with van der Waals surface area (Å²) >= 11 is 0. The molecule has 0 amide bonds. The second-order valence-electron chi connectivity index (χ2n) is 22.3. The van der Waals surface area contributed by atoms with E-state index in [1.165, 1.54) is 49.1 Å². The van der Waals surface area contributed by atoms with Crippen LogP contribution in [0.2, 0.25) is 0 Å². The molecule has 94 heavy (non-hydrogen) atoms. The predicted molar refractivity (Wildman–Crippen MR) is 358 cm³/mol. The number of aromatic nitrogens is 4. The van der Waals surface area contributed by atoms with Crippen molar-refractivity contribution in [1.82, 2.24) is 18.3 Å². The Kier molecular flexibility index (Phi) is 19.9. The minimum absolute atomic E-state index is 0.0118. The number of fused-ring (bicyclic) bond motifs is 4. The van der Waals surface area contributed by atoms with E-state index in [4.69, 9.17) is 14.2 Å². The summed E-state index contributed by atoms with van der Waals surface area (Å²) in [5, 5.41) is 75.7. The Bertz CT molecular complexity index is 4960. The van der Waals surface area contributed by atoms with Crippen LogP contribution in [0.1, 0.15) is 61.2 Å². The number of benzene rings is 8. The van der Waals surface area contributed by atoms with Crippen molar-refractivity contribution in [3.63, 3.8) is 0 Å². The zero-order chi connectivity index (χ0) is 67.8. The van der Waals surface area contributed by atoms with Gasteiger partial charge in [0.05, 0.1) is 86.1 Å². The topological polar surface area (TPSA) is 313 Å². The monoisotopic (exact) mass is 1270 g/mol. The summed E-state index contributed by atoms with van der Waals surface area (Å²) in [6, 6.07) is 43.8. The summed E-state index contributed by atoms with van der Waals surface area (Å²) in [5.41, 5.74) is 12.3. The van der Waals surface area contributed by atoms with E-state index < -0.39 is 10.7 Å². The quantitative estimate of drug-likeness (QED) is 0.0397. The lowest BCUT2D eigenvalue weighted by Gasteiger charge is -2.11. The molecule has 0 spiro atoms. The second kappa shape index (κ2) is 28.3. The molecule has 0 bridgehead atoms. The van der Waals surface area contributed by atoms with E-state index in [0.717, 1.165) is 66.9 Å². The molecular formula is C70H63FN10O13. The number of nitriles is 1. The molecule has 4 aromatic heterocycles. The number of nitro groups is 1. The van der Waals surface area contributed by atoms with Crippen molar-refractivity contribution in [2.75, 3.05) is 21.3 Å². The van der Waals surface area contributed by atoms with Gasteiger partial charge in [-0.2, -0.15) is 5.26 Å². The molecule has 0 fully saturated rings. The Balaban J connectivity index is 0.000000148. The van der Waals surface area contributed by atoms with Gasteiger partial charge in [-0.1, -0.05) is 77.4 Å². The Morgan fingerprint density at radius 1 is 0.468 bits per heavy atom. The van der Waals surface area contributed by atoms with Gasteiger partial charge in [-0.05, 0) is 168 Å². The largest absolute Gasteiger partial charge is 0.497 e. The third-order valence-corrected chi connectivity index (χ3v) is 15.8. The first-order valence-electron chi connectivity index (χ1n) is 29.0. The average Bonchev–Trinajstić information content (AvgIpc) is 1.64. The van der Waals surface area contributed by atoms with Gasteiger partial charge in [0.1, 0.15) is 23.1 Å². The maximum atomic E-state index is 13.5. The summed E-state index contributed by atoms with van der Waals surface area (Å²) < 4.78 is 35.5. The Labute approximate surface area is 536 Å². The van der Waals surface area contributed by atoms with Gasteiger partial charge in [-0.15, -0.1) is 19.6 Å². The summed E-state index contributed by atoms with van der Waals surface area (Å²) in [6.45, 7) is 12.7. The van der Waals surface area contributed by atoms with Gasteiger partial charge < -0.3 is 52.9 Å². The van der Waals surface area contributed by atoms with Crippen molar-refractivity contribution in [2.45, 2.75) is 67.7 Å². The van der Waals surface area contributed by atoms with Crippen LogP contribution in [0.5, 0.6) is 40.8 Å². The van der Waals surface area contributed by atoms with E-state index in [1.54, 1.807) is 69.3 Å². The molecule has 24 heteroatoms. The van der Waals surface area contributed by atoms with Crippen molar-refractivity contribution >= 4 is 72.0 Å². The molecule has 4 heterocycles. The molecule has 4 N–H and O–H groups in total. The normalized spacial score (nSPS) is 10.8. The van der Waals surface area contributed by atoms with Crippen LogP contribution in [0, 0.1) is 88.4 Å². The number of hydrogen-bond donors (Lipinski definition) is 4. The fourth-order valence-corrected chi connectivity index (χ4v) is 11.8. The number of methoxy groups -OCH3 is 3. The molecule has 0 saturated carbocycles. The van der Waals surface area contributed by atoms with E-state index in [9.17, 15) is 59.8 Å². The van der Waals surface area contributed by atoms with E-state index in [0.29, 0.717) is 62.9 Å².